The lowest BCUT2D eigenvalue weighted by molar-refractivity contribution is -0.160. The van der Waals surface area contributed by atoms with Crippen molar-refractivity contribution in [2.75, 3.05) is 5.75 Å². The molecule has 128 valence electrons. The van der Waals surface area contributed by atoms with E-state index in [0.717, 1.165) is 25.7 Å². The molecule has 2 unspecified atom stereocenters. The number of nitrogens with one attached hydrogen (secondary N) is 1. The number of carbonyl (C=O) groups excluding carboxylic acids is 2. The van der Waals surface area contributed by atoms with E-state index in [1.165, 1.54) is 23.1 Å². The number of β-lactam (4-membered cyclic amide) rings is 1. The van der Waals surface area contributed by atoms with Crippen molar-refractivity contribution in [3.8, 4) is 0 Å². The lowest BCUT2D eigenvalue weighted by atomic mass is 9.98. The Morgan fingerprint density at radius 1 is 1.35 bits per heavy atom. The summed E-state index contributed by atoms with van der Waals surface area (Å²) in [7, 11) is 0. The van der Waals surface area contributed by atoms with Crippen LogP contribution in [0, 0.1) is 0 Å². The molecule has 2 N–H and O–H groups in total. The highest BCUT2D eigenvalue weighted by atomic mass is 32.2. The van der Waals surface area contributed by atoms with Gasteiger partial charge in [0, 0.05) is 12.2 Å². The topological polar surface area (TPSA) is 86.7 Å². The number of aliphatic carboxylic acids is 1. The van der Waals surface area contributed by atoms with Gasteiger partial charge in [-0.2, -0.15) is 0 Å². The lowest BCUT2D eigenvalue weighted by Crippen LogP contribution is -2.74. The van der Waals surface area contributed by atoms with Gasteiger partial charge in [0.05, 0.1) is 0 Å². The molecule has 0 bridgehead atoms. The number of carbonyl (C=O) groups is 3. The molecule has 2 saturated heterocycles. The Balaban J connectivity index is 1.82. The Bertz CT molecular complexity index is 508. The zero-order chi connectivity index (χ0) is 17.0. The van der Waals surface area contributed by atoms with Crippen LogP contribution >= 0.6 is 11.8 Å². The lowest BCUT2D eigenvalue weighted by Gasteiger charge is -2.52. The van der Waals surface area contributed by atoms with Gasteiger partial charge in [-0.1, -0.05) is 39.2 Å². The van der Waals surface area contributed by atoms with Crippen LogP contribution < -0.4 is 5.32 Å². The zero-order valence-electron chi connectivity index (χ0n) is 13.4. The highest BCUT2D eigenvalue weighted by Gasteiger charge is 2.56. The van der Waals surface area contributed by atoms with Crippen LogP contribution in [0.1, 0.15) is 45.4 Å². The maximum atomic E-state index is 12.2. The molecule has 7 heteroatoms. The molecule has 6 nitrogen and oxygen atoms in total. The molecule has 2 heterocycles. The van der Waals surface area contributed by atoms with Crippen LogP contribution in [0.5, 0.6) is 0 Å². The Kier molecular flexibility index (Phi) is 6.10. The maximum Gasteiger partial charge on any atom is 0.330 e. The van der Waals surface area contributed by atoms with Crippen molar-refractivity contribution in [3.05, 3.63) is 12.2 Å². The van der Waals surface area contributed by atoms with Crippen LogP contribution in [0.25, 0.3) is 0 Å². The van der Waals surface area contributed by atoms with E-state index in [2.05, 4.69) is 18.8 Å². The minimum Gasteiger partial charge on any atom is -0.479 e. The molecule has 0 aromatic heterocycles. The summed E-state index contributed by atoms with van der Waals surface area (Å²) < 4.78 is 0. The highest BCUT2D eigenvalue weighted by molar-refractivity contribution is 8.00. The molecule has 2 rings (SSSR count). The fourth-order valence-corrected chi connectivity index (χ4v) is 4.27. The van der Waals surface area contributed by atoms with Crippen LogP contribution in [0.15, 0.2) is 12.2 Å². The molecule has 23 heavy (non-hydrogen) atoms. The largest absolute Gasteiger partial charge is 0.479 e. The average Bonchev–Trinajstić information content (AvgIpc) is 2.51. The van der Waals surface area contributed by atoms with E-state index in [1.807, 2.05) is 0 Å². The number of hydrogen-bond acceptors (Lipinski definition) is 4. The summed E-state index contributed by atoms with van der Waals surface area (Å²) >= 11 is 1.46. The molecule has 2 aliphatic heterocycles. The van der Waals surface area contributed by atoms with Crippen molar-refractivity contribution in [1.82, 2.24) is 10.2 Å². The van der Waals surface area contributed by atoms with Gasteiger partial charge in [0.1, 0.15) is 11.4 Å². The first-order valence-corrected chi connectivity index (χ1v) is 9.15. The van der Waals surface area contributed by atoms with Gasteiger partial charge in [0.15, 0.2) is 6.04 Å². The summed E-state index contributed by atoms with van der Waals surface area (Å²) in [5, 5.41) is 11.7. The Morgan fingerprint density at radius 2 is 2.04 bits per heavy atom. The summed E-state index contributed by atoms with van der Waals surface area (Å²) in [6.45, 7) is 5.88. The maximum absolute atomic E-state index is 12.2. The van der Waals surface area contributed by atoms with E-state index in [4.69, 9.17) is 0 Å². The summed E-state index contributed by atoms with van der Waals surface area (Å²) in [4.78, 5) is 36.8. The van der Waals surface area contributed by atoms with Gasteiger partial charge in [-0.05, 0) is 12.0 Å². The van der Waals surface area contributed by atoms with E-state index in [0.29, 0.717) is 17.7 Å². The van der Waals surface area contributed by atoms with Gasteiger partial charge in [0.2, 0.25) is 11.8 Å². The molecule has 0 aromatic carbocycles. The second-order valence-corrected chi connectivity index (χ2v) is 7.16. The monoisotopic (exact) mass is 340 g/mol. The van der Waals surface area contributed by atoms with Crippen LogP contribution in [0.3, 0.4) is 0 Å². The third kappa shape index (κ3) is 3.88. The Morgan fingerprint density at radius 3 is 2.70 bits per heavy atom. The minimum absolute atomic E-state index is 0.128. The molecule has 2 amide bonds. The van der Waals surface area contributed by atoms with Crippen molar-refractivity contribution in [3.63, 3.8) is 0 Å². The quantitative estimate of drug-likeness (QED) is 0.399. The minimum atomic E-state index is -1.06. The first-order valence-electron chi connectivity index (χ1n) is 8.11. The smallest absolute Gasteiger partial charge is 0.330 e. The SMILES string of the molecule is C=C1CS[C@@H]2C(NC(=O)CCCCCCC)C(=O)N2C1C(=O)O. The molecule has 0 spiro atoms. The highest BCUT2D eigenvalue weighted by Crippen LogP contribution is 2.39. The molecule has 0 aromatic rings. The average molecular weight is 340 g/mol. The van der Waals surface area contributed by atoms with E-state index in [-0.39, 0.29) is 17.2 Å². The third-order valence-corrected chi connectivity index (χ3v) is 5.62. The molecule has 0 radical (unpaired) electrons. The second kappa shape index (κ2) is 7.86. The Hall–Kier alpha value is -1.50. The number of hydrogen-bond donors (Lipinski definition) is 2. The van der Waals surface area contributed by atoms with Crippen molar-refractivity contribution in [2.45, 2.75) is 62.9 Å². The van der Waals surface area contributed by atoms with Crippen molar-refractivity contribution in [1.29, 1.82) is 0 Å². The molecule has 3 atom stereocenters. The van der Waals surface area contributed by atoms with Crippen LogP contribution in [0.4, 0.5) is 0 Å². The summed E-state index contributed by atoms with van der Waals surface area (Å²) in [6.07, 6.45) is 5.72. The van der Waals surface area contributed by atoms with Crippen LogP contribution in [-0.2, 0) is 14.4 Å². The molecule has 0 saturated carbocycles. The third-order valence-electron chi connectivity index (χ3n) is 4.24. The molecular formula is C16H24N2O4S. The van der Waals surface area contributed by atoms with Gasteiger partial charge >= 0.3 is 5.97 Å². The second-order valence-electron chi connectivity index (χ2n) is 6.06. The molecule has 0 aliphatic carbocycles. The number of rotatable bonds is 8. The number of amides is 2. The summed E-state index contributed by atoms with van der Waals surface area (Å²) in [5.41, 5.74) is 0.521. The van der Waals surface area contributed by atoms with E-state index in [9.17, 15) is 19.5 Å². The zero-order valence-corrected chi connectivity index (χ0v) is 14.2. The first kappa shape index (κ1) is 17.8. The molecular weight excluding hydrogens is 316 g/mol. The Labute approximate surface area is 140 Å². The predicted molar refractivity (Wildman–Crippen MR) is 89.0 cm³/mol. The van der Waals surface area contributed by atoms with E-state index in [1.54, 1.807) is 0 Å². The first-order chi connectivity index (χ1) is 11.0. The van der Waals surface area contributed by atoms with Gasteiger partial charge in [-0.15, -0.1) is 11.8 Å². The standard InChI is InChI=1S/C16H24N2O4S/c1-3-4-5-6-7-8-11(19)17-12-14(20)18-13(16(21)22)10(2)9-23-15(12)18/h12-13,15H,2-9H2,1H3,(H,17,19)(H,21,22)/t12?,13?,15-/m1/s1. The molecule has 2 aliphatic rings. The fourth-order valence-electron chi connectivity index (χ4n) is 2.97. The van der Waals surface area contributed by atoms with Gasteiger partial charge in [-0.3, -0.25) is 9.59 Å². The summed E-state index contributed by atoms with van der Waals surface area (Å²) in [6, 6.07) is -1.56. The number of thioether (sulfide) groups is 1. The van der Waals surface area contributed by atoms with Crippen LogP contribution in [-0.4, -0.2) is 51.0 Å². The van der Waals surface area contributed by atoms with Crippen molar-refractivity contribution in [2.24, 2.45) is 0 Å². The normalized spacial score (nSPS) is 26.5. The van der Waals surface area contributed by atoms with Crippen LogP contribution in [0.2, 0.25) is 0 Å². The fraction of sp³-hybridized carbons (Fsp3) is 0.688. The van der Waals surface area contributed by atoms with Crippen molar-refractivity contribution < 1.29 is 19.5 Å². The van der Waals surface area contributed by atoms with Gasteiger partial charge in [-0.25, -0.2) is 4.79 Å². The van der Waals surface area contributed by atoms with E-state index >= 15 is 0 Å². The summed E-state index contributed by atoms with van der Waals surface area (Å²) in [5.74, 6) is -1.02. The van der Waals surface area contributed by atoms with Crippen molar-refractivity contribution >= 4 is 29.5 Å². The van der Waals surface area contributed by atoms with Gasteiger partial charge in [0.25, 0.3) is 0 Å². The number of fused-ring (bicyclic) bond motifs is 1. The number of unbranched alkanes of at least 4 members (excludes halogenated alkanes) is 4. The van der Waals surface area contributed by atoms with E-state index < -0.39 is 18.1 Å². The number of carboxylic acid groups (broad SMARTS) is 1. The predicted octanol–water partition coefficient (Wildman–Crippen LogP) is 1.76. The number of nitrogens with zero attached hydrogens (tertiary/aromatic N) is 1. The molecule has 2 fully saturated rings. The number of carboxylic acids is 1. The van der Waals surface area contributed by atoms with Gasteiger partial charge < -0.3 is 15.3 Å².